The summed E-state index contributed by atoms with van der Waals surface area (Å²) in [6.45, 7) is 2.18. The Morgan fingerprint density at radius 1 is 1.00 bits per heavy atom. The molecule has 0 aliphatic rings. The van der Waals surface area contributed by atoms with Gasteiger partial charge in [-0.05, 0) is 38.1 Å². The monoisotopic (exact) mass is 468 g/mol. The molecule has 0 atom stereocenters. The molecule has 2 aromatic heterocycles. The molecule has 0 unspecified atom stereocenters. The summed E-state index contributed by atoms with van der Waals surface area (Å²) in [5.74, 6) is -1.42. The van der Waals surface area contributed by atoms with Gasteiger partial charge >= 0.3 is 6.18 Å². The molecule has 0 radical (unpaired) electrons. The van der Waals surface area contributed by atoms with Crippen LogP contribution in [0, 0.1) is 13.8 Å². The van der Waals surface area contributed by atoms with Crippen molar-refractivity contribution >= 4 is 28.6 Å². The molecule has 2 amide bonds. The number of hydrogen-bond acceptors (Lipinski definition) is 5. The lowest BCUT2D eigenvalue weighted by molar-refractivity contribution is -0.123. The van der Waals surface area contributed by atoms with E-state index in [0.717, 1.165) is 11.1 Å². The van der Waals surface area contributed by atoms with Gasteiger partial charge in [0.2, 0.25) is 0 Å². The molecule has 2 N–H and O–H groups in total. The number of amides is 2. The number of rotatable bonds is 5. The number of aromatic nitrogens is 2. The summed E-state index contributed by atoms with van der Waals surface area (Å²) in [5, 5.41) is 8.84. The molecule has 0 saturated heterocycles. The highest BCUT2D eigenvalue weighted by Crippen LogP contribution is 2.28. The average Bonchev–Trinajstić information content (AvgIpc) is 3.17. The second-order valence-corrected chi connectivity index (χ2v) is 7.70. The van der Waals surface area contributed by atoms with E-state index in [-0.39, 0.29) is 22.5 Å². The van der Waals surface area contributed by atoms with Crippen LogP contribution in [0.4, 0.5) is 18.9 Å². The van der Waals surface area contributed by atoms with Crippen molar-refractivity contribution in [3.63, 3.8) is 0 Å². The first kappa shape index (κ1) is 23.0. The molecular formula is C24H19F3N4O3. The van der Waals surface area contributed by atoms with Gasteiger partial charge in [-0.2, -0.15) is 13.2 Å². The van der Waals surface area contributed by atoms with Gasteiger partial charge in [0.15, 0.2) is 0 Å². The summed E-state index contributed by atoms with van der Waals surface area (Å²) in [7, 11) is 0. The first-order valence-electron chi connectivity index (χ1n) is 10.2. The lowest BCUT2D eigenvalue weighted by Gasteiger charge is -2.11. The van der Waals surface area contributed by atoms with Crippen LogP contribution in [-0.4, -0.2) is 34.7 Å². The molecular weight excluding hydrogens is 449 g/mol. The van der Waals surface area contributed by atoms with Crippen LogP contribution in [0.5, 0.6) is 0 Å². The van der Waals surface area contributed by atoms with Crippen LogP contribution >= 0.6 is 0 Å². The number of nitrogens with one attached hydrogen (secondary N) is 2. The molecule has 2 heterocycles. The minimum Gasteiger partial charge on any atom is -0.343 e. The number of hydrogen-bond donors (Lipinski definition) is 2. The van der Waals surface area contributed by atoms with Gasteiger partial charge in [-0.25, -0.2) is 4.98 Å². The van der Waals surface area contributed by atoms with Gasteiger partial charge < -0.3 is 15.2 Å². The number of anilines is 1. The Morgan fingerprint density at radius 3 is 2.44 bits per heavy atom. The first-order chi connectivity index (χ1) is 16.1. The molecule has 2 aromatic carbocycles. The number of fused-ring (bicyclic) bond motifs is 1. The third kappa shape index (κ3) is 5.06. The Kier molecular flexibility index (Phi) is 6.06. The Labute approximate surface area is 192 Å². The fraction of sp³-hybridized carbons (Fsp3) is 0.167. The van der Waals surface area contributed by atoms with E-state index in [1.165, 1.54) is 24.3 Å². The van der Waals surface area contributed by atoms with Gasteiger partial charge in [-0.15, -0.1) is 0 Å². The average molecular weight is 468 g/mol. The van der Waals surface area contributed by atoms with Crippen LogP contribution in [0.3, 0.4) is 0 Å². The lowest BCUT2D eigenvalue weighted by Crippen LogP contribution is -2.33. The number of carbonyl (C=O) groups is 2. The quantitative estimate of drug-likeness (QED) is 0.427. The van der Waals surface area contributed by atoms with Crippen LogP contribution < -0.4 is 10.6 Å². The largest absolute Gasteiger partial charge is 0.405 e. The number of alkyl halides is 3. The van der Waals surface area contributed by atoms with Gasteiger partial charge in [0.05, 0.1) is 22.3 Å². The number of halogens is 3. The number of carbonyl (C=O) groups excluding carboxylic acids is 2. The Balaban J connectivity index is 1.64. The summed E-state index contributed by atoms with van der Waals surface area (Å²) >= 11 is 0. The molecule has 4 aromatic rings. The summed E-state index contributed by atoms with van der Waals surface area (Å²) in [4.78, 5) is 29.7. The maximum atomic E-state index is 13.2. The SMILES string of the molecule is Cc1ccc(-c2cc(C(=O)Nc3cccc(C(=O)NCC(F)(F)F)c3)c3c(C)noc3n2)cc1. The summed E-state index contributed by atoms with van der Waals surface area (Å²) in [5.41, 5.74) is 3.49. The zero-order chi connectivity index (χ0) is 24.5. The van der Waals surface area contributed by atoms with E-state index < -0.39 is 24.5 Å². The highest BCUT2D eigenvalue weighted by atomic mass is 19.4. The molecule has 4 rings (SSSR count). The Morgan fingerprint density at radius 2 is 1.74 bits per heavy atom. The van der Waals surface area contributed by atoms with Gasteiger partial charge in [0, 0.05) is 16.8 Å². The standard InChI is InChI=1S/C24H19F3N4O3/c1-13-6-8-15(9-7-13)19-11-18(20-14(2)31-34-23(20)30-19)22(33)29-17-5-3-4-16(10-17)21(32)28-12-24(25,26)27/h3-11H,12H2,1-2H3,(H,28,32)(H,29,33). The number of nitrogens with zero attached hydrogens (tertiary/aromatic N) is 2. The van der Waals surface area contributed by atoms with Crippen molar-refractivity contribution < 1.29 is 27.3 Å². The van der Waals surface area contributed by atoms with E-state index in [4.69, 9.17) is 4.52 Å². The summed E-state index contributed by atoms with van der Waals surface area (Å²) in [6, 6.07) is 14.8. The van der Waals surface area contributed by atoms with Crippen LogP contribution in [0.1, 0.15) is 32.0 Å². The van der Waals surface area contributed by atoms with Crippen molar-refractivity contribution in [1.82, 2.24) is 15.5 Å². The van der Waals surface area contributed by atoms with E-state index in [2.05, 4.69) is 15.5 Å². The molecule has 0 saturated carbocycles. The molecule has 174 valence electrons. The number of aryl methyl sites for hydroxylation is 2. The zero-order valence-electron chi connectivity index (χ0n) is 18.2. The van der Waals surface area contributed by atoms with Crippen LogP contribution in [0.15, 0.2) is 59.1 Å². The normalized spacial score (nSPS) is 11.4. The van der Waals surface area contributed by atoms with Crippen LogP contribution in [-0.2, 0) is 0 Å². The molecule has 0 bridgehead atoms. The molecule has 0 aliphatic carbocycles. The minimum atomic E-state index is -4.53. The lowest BCUT2D eigenvalue weighted by atomic mass is 10.0. The highest BCUT2D eigenvalue weighted by Gasteiger charge is 2.28. The molecule has 10 heteroatoms. The van der Waals surface area contributed by atoms with Crippen molar-refractivity contribution in [1.29, 1.82) is 0 Å². The maximum absolute atomic E-state index is 13.2. The van der Waals surface area contributed by atoms with Gasteiger partial charge in [0.1, 0.15) is 6.54 Å². The maximum Gasteiger partial charge on any atom is 0.405 e. The topological polar surface area (TPSA) is 97.1 Å². The Hall–Kier alpha value is -4.21. The predicted octanol–water partition coefficient (Wildman–Crippen LogP) is 5.05. The van der Waals surface area contributed by atoms with Crippen molar-refractivity contribution in [3.8, 4) is 11.3 Å². The van der Waals surface area contributed by atoms with Crippen LogP contribution in [0.25, 0.3) is 22.4 Å². The van der Waals surface area contributed by atoms with Crippen molar-refractivity contribution in [2.24, 2.45) is 0 Å². The van der Waals surface area contributed by atoms with E-state index in [1.54, 1.807) is 18.3 Å². The third-order valence-corrected chi connectivity index (χ3v) is 5.04. The second-order valence-electron chi connectivity index (χ2n) is 7.70. The van der Waals surface area contributed by atoms with Gasteiger partial charge in [-0.1, -0.05) is 41.1 Å². The fourth-order valence-corrected chi connectivity index (χ4v) is 3.37. The predicted molar refractivity (Wildman–Crippen MR) is 119 cm³/mol. The second kappa shape index (κ2) is 8.97. The minimum absolute atomic E-state index is 0.0246. The molecule has 34 heavy (non-hydrogen) atoms. The molecule has 0 spiro atoms. The van der Waals surface area contributed by atoms with Gasteiger partial charge in [-0.3, -0.25) is 9.59 Å². The number of pyridine rings is 1. The van der Waals surface area contributed by atoms with E-state index in [9.17, 15) is 22.8 Å². The first-order valence-corrected chi connectivity index (χ1v) is 10.2. The molecule has 0 aliphatic heterocycles. The van der Waals surface area contributed by atoms with Crippen molar-refractivity contribution in [2.45, 2.75) is 20.0 Å². The van der Waals surface area contributed by atoms with Gasteiger partial charge in [0.25, 0.3) is 17.5 Å². The smallest absolute Gasteiger partial charge is 0.343 e. The third-order valence-electron chi connectivity index (χ3n) is 5.04. The van der Waals surface area contributed by atoms with E-state index >= 15 is 0 Å². The van der Waals surface area contributed by atoms with Crippen molar-refractivity contribution in [3.05, 3.63) is 77.0 Å². The summed E-state index contributed by atoms with van der Waals surface area (Å²) < 4.78 is 42.5. The van der Waals surface area contributed by atoms with E-state index in [0.29, 0.717) is 16.8 Å². The molecule has 0 fully saturated rings. The van der Waals surface area contributed by atoms with E-state index in [1.807, 2.05) is 31.2 Å². The zero-order valence-corrected chi connectivity index (χ0v) is 18.2. The number of benzene rings is 2. The van der Waals surface area contributed by atoms with Crippen LogP contribution in [0.2, 0.25) is 0 Å². The Bertz CT molecular complexity index is 1380. The highest BCUT2D eigenvalue weighted by molar-refractivity contribution is 6.13. The van der Waals surface area contributed by atoms with Crippen molar-refractivity contribution in [2.75, 3.05) is 11.9 Å². The summed E-state index contributed by atoms with van der Waals surface area (Å²) in [6.07, 6.45) is -4.53. The fourth-order valence-electron chi connectivity index (χ4n) is 3.37. The molecule has 7 nitrogen and oxygen atoms in total.